The van der Waals surface area contributed by atoms with E-state index in [9.17, 15) is 14.9 Å². The van der Waals surface area contributed by atoms with Crippen LogP contribution in [0.4, 0.5) is 5.69 Å². The first kappa shape index (κ1) is 16.0. The van der Waals surface area contributed by atoms with Crippen LogP contribution < -0.4 is 5.43 Å². The van der Waals surface area contributed by atoms with Gasteiger partial charge in [-0.3, -0.25) is 19.9 Å². The second-order valence-corrected chi connectivity index (χ2v) is 4.62. The van der Waals surface area contributed by atoms with Gasteiger partial charge in [-0.25, -0.2) is 5.43 Å². The average Bonchev–Trinajstić information content (AvgIpc) is 2.55. The molecule has 2 rings (SSSR count). The molecule has 0 aliphatic heterocycles. The van der Waals surface area contributed by atoms with Gasteiger partial charge >= 0.3 is 0 Å². The molecule has 7 nitrogen and oxygen atoms in total. The number of nitro benzene ring substituents is 1. The number of amides is 1. The van der Waals surface area contributed by atoms with Gasteiger partial charge in [-0.2, -0.15) is 5.10 Å². The van der Waals surface area contributed by atoms with Crippen molar-refractivity contribution in [2.24, 2.45) is 5.10 Å². The highest BCUT2D eigenvalue weighted by Crippen LogP contribution is 2.13. The van der Waals surface area contributed by atoms with Crippen LogP contribution in [0.15, 0.2) is 53.8 Å². The molecule has 0 fully saturated rings. The summed E-state index contributed by atoms with van der Waals surface area (Å²) in [5, 5.41) is 14.4. The minimum Gasteiger partial charge on any atom is -0.267 e. The maximum absolute atomic E-state index is 11.7. The molecule has 116 valence electrons. The standard InChI is InChI=1S/C16H14N4O3/c1-12-7-8-14(11-17-12)16(21)19-18-9-3-5-13-4-2-6-15(10-13)20(22)23/h2-11H,1H3,(H,19,21). The molecule has 0 saturated heterocycles. The lowest BCUT2D eigenvalue weighted by Crippen LogP contribution is -2.17. The highest BCUT2D eigenvalue weighted by Gasteiger charge is 2.04. The largest absolute Gasteiger partial charge is 0.272 e. The zero-order chi connectivity index (χ0) is 16.7. The van der Waals surface area contributed by atoms with Crippen molar-refractivity contribution in [1.29, 1.82) is 0 Å². The van der Waals surface area contributed by atoms with Crippen LogP contribution in [0.2, 0.25) is 0 Å². The Morgan fingerprint density at radius 1 is 1.35 bits per heavy atom. The van der Waals surface area contributed by atoms with E-state index in [1.165, 1.54) is 24.5 Å². The lowest BCUT2D eigenvalue weighted by atomic mass is 10.2. The van der Waals surface area contributed by atoms with Crippen molar-refractivity contribution in [3.8, 4) is 0 Å². The van der Waals surface area contributed by atoms with Crippen LogP contribution in [-0.2, 0) is 0 Å². The molecule has 1 amide bonds. The Hall–Kier alpha value is -3.35. The molecule has 0 saturated carbocycles. The maximum Gasteiger partial charge on any atom is 0.272 e. The van der Waals surface area contributed by atoms with Gasteiger partial charge in [-0.1, -0.05) is 18.2 Å². The smallest absolute Gasteiger partial charge is 0.267 e. The van der Waals surface area contributed by atoms with Crippen molar-refractivity contribution in [3.05, 3.63) is 75.6 Å². The molecule has 1 aromatic carbocycles. The van der Waals surface area contributed by atoms with Gasteiger partial charge in [0, 0.05) is 30.2 Å². The Balaban J connectivity index is 1.91. The number of allylic oxidation sites excluding steroid dienone is 1. The first-order valence-electron chi connectivity index (χ1n) is 6.73. The summed E-state index contributed by atoms with van der Waals surface area (Å²) >= 11 is 0. The molecular weight excluding hydrogens is 296 g/mol. The molecular formula is C16H14N4O3. The Morgan fingerprint density at radius 2 is 2.17 bits per heavy atom. The van der Waals surface area contributed by atoms with Gasteiger partial charge in [0.05, 0.1) is 10.5 Å². The summed E-state index contributed by atoms with van der Waals surface area (Å²) in [5.74, 6) is -0.363. The van der Waals surface area contributed by atoms with Crippen LogP contribution in [0, 0.1) is 17.0 Å². The van der Waals surface area contributed by atoms with E-state index >= 15 is 0 Å². The van der Waals surface area contributed by atoms with Crippen molar-refractivity contribution >= 4 is 23.9 Å². The van der Waals surface area contributed by atoms with Crippen LogP contribution in [0.1, 0.15) is 21.6 Å². The fourth-order valence-electron chi connectivity index (χ4n) is 1.70. The predicted octanol–water partition coefficient (Wildman–Crippen LogP) is 2.73. The molecule has 0 radical (unpaired) electrons. The first-order chi connectivity index (χ1) is 11.1. The summed E-state index contributed by atoms with van der Waals surface area (Å²) < 4.78 is 0. The quantitative estimate of drug-likeness (QED) is 0.521. The lowest BCUT2D eigenvalue weighted by Gasteiger charge is -1.98. The van der Waals surface area contributed by atoms with Gasteiger partial charge in [0.15, 0.2) is 0 Å². The summed E-state index contributed by atoms with van der Waals surface area (Å²) in [7, 11) is 0. The zero-order valence-electron chi connectivity index (χ0n) is 12.3. The number of hydrogen-bond donors (Lipinski definition) is 1. The molecule has 1 N–H and O–H groups in total. The van der Waals surface area contributed by atoms with Crippen molar-refractivity contribution in [3.63, 3.8) is 0 Å². The highest BCUT2D eigenvalue weighted by atomic mass is 16.6. The number of carbonyl (C=O) groups is 1. The summed E-state index contributed by atoms with van der Waals surface area (Å²) in [6.07, 6.45) is 6.08. The van der Waals surface area contributed by atoms with Gasteiger partial charge in [-0.15, -0.1) is 0 Å². The van der Waals surface area contributed by atoms with Crippen LogP contribution in [0.25, 0.3) is 6.08 Å². The monoisotopic (exact) mass is 310 g/mol. The lowest BCUT2D eigenvalue weighted by molar-refractivity contribution is -0.384. The number of pyridine rings is 1. The molecule has 2 aromatic rings. The normalized spacial score (nSPS) is 11.0. The number of rotatable bonds is 5. The van der Waals surface area contributed by atoms with Gasteiger partial charge in [-0.05, 0) is 30.7 Å². The van der Waals surface area contributed by atoms with Gasteiger partial charge in [0.1, 0.15) is 0 Å². The van der Waals surface area contributed by atoms with E-state index in [-0.39, 0.29) is 11.6 Å². The third kappa shape index (κ3) is 4.85. The number of benzene rings is 1. The van der Waals surface area contributed by atoms with Crippen LogP contribution in [0.3, 0.4) is 0 Å². The molecule has 1 aromatic heterocycles. The Bertz CT molecular complexity index is 767. The molecule has 7 heteroatoms. The summed E-state index contributed by atoms with van der Waals surface area (Å²) in [4.78, 5) is 26.0. The second-order valence-electron chi connectivity index (χ2n) is 4.62. The van der Waals surface area contributed by atoms with E-state index in [0.29, 0.717) is 11.1 Å². The topological polar surface area (TPSA) is 97.5 Å². The molecule has 0 aliphatic rings. The molecule has 0 unspecified atom stereocenters. The van der Waals surface area contributed by atoms with E-state index in [2.05, 4.69) is 15.5 Å². The second kappa shape index (κ2) is 7.60. The fourth-order valence-corrected chi connectivity index (χ4v) is 1.70. The van der Waals surface area contributed by atoms with Crippen LogP contribution >= 0.6 is 0 Å². The number of nitro groups is 1. The minimum atomic E-state index is -0.457. The van der Waals surface area contributed by atoms with E-state index in [1.54, 1.807) is 36.4 Å². The zero-order valence-corrected chi connectivity index (χ0v) is 12.3. The number of nitrogens with one attached hydrogen (secondary N) is 1. The summed E-state index contributed by atoms with van der Waals surface area (Å²) in [6.45, 7) is 1.83. The minimum absolute atomic E-state index is 0.0178. The maximum atomic E-state index is 11.7. The molecule has 23 heavy (non-hydrogen) atoms. The summed E-state index contributed by atoms with van der Waals surface area (Å²) in [6, 6.07) is 9.59. The number of non-ortho nitro benzene ring substituents is 1. The van der Waals surface area contributed by atoms with E-state index < -0.39 is 4.92 Å². The van der Waals surface area contributed by atoms with Crippen molar-refractivity contribution < 1.29 is 9.72 Å². The van der Waals surface area contributed by atoms with Crippen molar-refractivity contribution in [2.45, 2.75) is 6.92 Å². The number of aromatic nitrogens is 1. The van der Waals surface area contributed by atoms with Gasteiger partial charge < -0.3 is 0 Å². The average molecular weight is 310 g/mol. The number of hydrogen-bond acceptors (Lipinski definition) is 5. The number of hydrazone groups is 1. The fraction of sp³-hybridized carbons (Fsp3) is 0.0625. The Labute approximate surface area is 132 Å². The van der Waals surface area contributed by atoms with Crippen LogP contribution in [0.5, 0.6) is 0 Å². The number of nitrogens with zero attached hydrogens (tertiary/aromatic N) is 3. The van der Waals surface area contributed by atoms with Crippen molar-refractivity contribution in [1.82, 2.24) is 10.4 Å². The van der Waals surface area contributed by atoms with Gasteiger partial charge in [0.25, 0.3) is 11.6 Å². The molecule has 0 spiro atoms. The molecule has 0 bridgehead atoms. The van der Waals surface area contributed by atoms with E-state index in [1.807, 2.05) is 6.92 Å². The predicted molar refractivity (Wildman–Crippen MR) is 87.1 cm³/mol. The number of carbonyl (C=O) groups excluding carboxylic acids is 1. The molecule has 1 heterocycles. The van der Waals surface area contributed by atoms with E-state index in [4.69, 9.17) is 0 Å². The van der Waals surface area contributed by atoms with Gasteiger partial charge in [0.2, 0.25) is 0 Å². The Kier molecular flexibility index (Phi) is 5.30. The SMILES string of the molecule is Cc1ccc(C(=O)NN=CC=Cc2cccc([N+](=O)[O-])c2)cn1. The molecule has 0 atom stereocenters. The number of aryl methyl sites for hydroxylation is 1. The molecule has 0 aliphatic carbocycles. The summed E-state index contributed by atoms with van der Waals surface area (Å²) in [5.41, 5.74) is 4.29. The Morgan fingerprint density at radius 3 is 2.87 bits per heavy atom. The van der Waals surface area contributed by atoms with Crippen LogP contribution in [-0.4, -0.2) is 22.0 Å². The highest BCUT2D eigenvalue weighted by molar-refractivity contribution is 5.94. The van der Waals surface area contributed by atoms with Crippen molar-refractivity contribution in [2.75, 3.05) is 0 Å². The third-order valence-electron chi connectivity index (χ3n) is 2.87. The van der Waals surface area contributed by atoms with E-state index in [0.717, 1.165) is 5.69 Å². The third-order valence-corrected chi connectivity index (χ3v) is 2.87. The first-order valence-corrected chi connectivity index (χ1v) is 6.73.